The number of aliphatic hydroxyl groups excluding tert-OH is 1. The molecule has 1 aromatic rings. The molecule has 1 aliphatic heterocycles. The number of benzene rings is 1. The Labute approximate surface area is 131 Å². The number of hydrogen-bond acceptors (Lipinski definition) is 4. The summed E-state index contributed by atoms with van der Waals surface area (Å²) in [6.45, 7) is 3.13. The number of likely N-dealkylation sites (tertiary alicyclic amines) is 1. The lowest BCUT2D eigenvalue weighted by Gasteiger charge is -2.26. The molecule has 1 N–H and O–H groups in total. The molecule has 1 fully saturated rings. The van der Waals surface area contributed by atoms with Crippen LogP contribution in [0.5, 0.6) is 5.75 Å². The van der Waals surface area contributed by atoms with Crippen LogP contribution in [-0.4, -0.2) is 49.4 Å². The molecule has 122 valence electrons. The topological polar surface area (TPSA) is 59.0 Å². The first kappa shape index (κ1) is 16.8. The molecule has 3 atom stereocenters. The van der Waals surface area contributed by atoms with E-state index >= 15 is 0 Å². The van der Waals surface area contributed by atoms with Gasteiger partial charge in [-0.15, -0.1) is 0 Å². The Hall–Kier alpha value is -1.59. The Morgan fingerprint density at radius 1 is 1.32 bits per heavy atom. The van der Waals surface area contributed by atoms with Gasteiger partial charge in [0, 0.05) is 32.6 Å². The predicted octanol–water partition coefficient (Wildman–Crippen LogP) is 2.00. The van der Waals surface area contributed by atoms with Crippen LogP contribution in [0, 0.1) is 5.92 Å². The molecule has 0 radical (unpaired) electrons. The maximum absolute atomic E-state index is 12.3. The number of nitrogens with zero attached hydrogens (tertiary/aromatic N) is 1. The summed E-state index contributed by atoms with van der Waals surface area (Å²) >= 11 is 0. The molecule has 1 amide bonds. The van der Waals surface area contributed by atoms with Crippen molar-refractivity contribution in [3.05, 3.63) is 29.8 Å². The third-order valence-electron chi connectivity index (χ3n) is 4.42. The van der Waals surface area contributed by atoms with Crippen LogP contribution in [0.3, 0.4) is 0 Å². The lowest BCUT2D eigenvalue weighted by Crippen LogP contribution is -2.30. The zero-order valence-corrected chi connectivity index (χ0v) is 13.5. The minimum atomic E-state index is -0.489. The van der Waals surface area contributed by atoms with Crippen LogP contribution in [0.4, 0.5) is 0 Å². The Kier molecular flexibility index (Phi) is 5.80. The lowest BCUT2D eigenvalue weighted by atomic mass is 9.99. The van der Waals surface area contributed by atoms with Crippen LogP contribution in [0.2, 0.25) is 0 Å². The SMILES string of the molecule is COCC[C@@H](O)C1CC(=O)N([C@H](C)c2ccc(OC)cc2)C1. The predicted molar refractivity (Wildman–Crippen MR) is 83.7 cm³/mol. The summed E-state index contributed by atoms with van der Waals surface area (Å²) < 4.78 is 10.2. The monoisotopic (exact) mass is 307 g/mol. The van der Waals surface area contributed by atoms with Gasteiger partial charge in [-0.05, 0) is 31.0 Å². The van der Waals surface area contributed by atoms with Gasteiger partial charge in [0.2, 0.25) is 5.91 Å². The minimum Gasteiger partial charge on any atom is -0.497 e. The fourth-order valence-electron chi connectivity index (χ4n) is 2.93. The molecule has 0 bridgehead atoms. The zero-order chi connectivity index (χ0) is 16.1. The average Bonchev–Trinajstić information content (AvgIpc) is 2.94. The first-order valence-electron chi connectivity index (χ1n) is 7.67. The van der Waals surface area contributed by atoms with Gasteiger partial charge in [0.25, 0.3) is 0 Å². The van der Waals surface area contributed by atoms with E-state index in [2.05, 4.69) is 0 Å². The molecule has 1 aromatic carbocycles. The van der Waals surface area contributed by atoms with E-state index in [1.807, 2.05) is 36.1 Å². The summed E-state index contributed by atoms with van der Waals surface area (Å²) in [7, 11) is 3.25. The molecule has 2 rings (SSSR count). The second-order valence-electron chi connectivity index (χ2n) is 5.81. The molecule has 1 saturated heterocycles. The van der Waals surface area contributed by atoms with Crippen LogP contribution in [0.25, 0.3) is 0 Å². The zero-order valence-electron chi connectivity index (χ0n) is 13.5. The van der Waals surface area contributed by atoms with Crippen molar-refractivity contribution in [2.24, 2.45) is 5.92 Å². The van der Waals surface area contributed by atoms with Gasteiger partial charge in [0.1, 0.15) is 5.75 Å². The van der Waals surface area contributed by atoms with E-state index in [-0.39, 0.29) is 17.9 Å². The quantitative estimate of drug-likeness (QED) is 0.837. The van der Waals surface area contributed by atoms with Gasteiger partial charge in [-0.3, -0.25) is 4.79 Å². The van der Waals surface area contributed by atoms with E-state index in [1.165, 1.54) is 0 Å². The second kappa shape index (κ2) is 7.61. The maximum atomic E-state index is 12.3. The Balaban J connectivity index is 2.00. The number of amides is 1. The highest BCUT2D eigenvalue weighted by Crippen LogP contribution is 2.31. The minimum absolute atomic E-state index is 0.00182. The van der Waals surface area contributed by atoms with Crippen molar-refractivity contribution in [1.82, 2.24) is 4.90 Å². The molecule has 0 aromatic heterocycles. The molecule has 1 aliphatic rings. The number of carbonyl (C=O) groups is 1. The second-order valence-corrected chi connectivity index (χ2v) is 5.81. The van der Waals surface area contributed by atoms with Gasteiger partial charge < -0.3 is 19.5 Å². The lowest BCUT2D eigenvalue weighted by molar-refractivity contribution is -0.129. The van der Waals surface area contributed by atoms with Crippen LogP contribution in [-0.2, 0) is 9.53 Å². The fraction of sp³-hybridized carbons (Fsp3) is 0.588. The number of aliphatic hydroxyl groups is 1. The van der Waals surface area contributed by atoms with E-state index in [0.29, 0.717) is 26.0 Å². The van der Waals surface area contributed by atoms with E-state index in [1.54, 1.807) is 14.2 Å². The molecular formula is C17H25NO4. The number of carbonyl (C=O) groups excluding carboxylic acids is 1. The van der Waals surface area contributed by atoms with Crippen molar-refractivity contribution in [3.63, 3.8) is 0 Å². The van der Waals surface area contributed by atoms with Crippen molar-refractivity contribution in [1.29, 1.82) is 0 Å². The normalized spacial score (nSPS) is 21.0. The van der Waals surface area contributed by atoms with E-state index in [9.17, 15) is 9.90 Å². The van der Waals surface area contributed by atoms with Crippen LogP contribution < -0.4 is 4.74 Å². The molecule has 5 heteroatoms. The molecule has 1 heterocycles. The average molecular weight is 307 g/mol. The van der Waals surface area contributed by atoms with E-state index in [0.717, 1.165) is 11.3 Å². The first-order chi connectivity index (χ1) is 10.6. The van der Waals surface area contributed by atoms with E-state index < -0.39 is 6.10 Å². The summed E-state index contributed by atoms with van der Waals surface area (Å²) in [5.74, 6) is 0.893. The van der Waals surface area contributed by atoms with Gasteiger partial charge >= 0.3 is 0 Å². The largest absolute Gasteiger partial charge is 0.497 e. The van der Waals surface area contributed by atoms with Crippen LogP contribution in [0.15, 0.2) is 24.3 Å². The summed E-state index contributed by atoms with van der Waals surface area (Å²) in [5, 5.41) is 10.2. The highest BCUT2D eigenvalue weighted by molar-refractivity contribution is 5.79. The standard InChI is InChI=1S/C17H25NO4/c1-12(13-4-6-15(22-3)7-5-13)18-11-14(10-17(18)20)16(19)8-9-21-2/h4-7,12,14,16,19H,8-11H2,1-3H3/t12-,14?,16-/m1/s1. The highest BCUT2D eigenvalue weighted by atomic mass is 16.5. The van der Waals surface area contributed by atoms with Crippen molar-refractivity contribution < 1.29 is 19.4 Å². The molecule has 5 nitrogen and oxygen atoms in total. The molecule has 0 spiro atoms. The molecule has 0 saturated carbocycles. The molecule has 22 heavy (non-hydrogen) atoms. The van der Waals surface area contributed by atoms with Gasteiger partial charge in [0.15, 0.2) is 0 Å². The molecule has 1 unspecified atom stereocenters. The third kappa shape index (κ3) is 3.78. The van der Waals surface area contributed by atoms with Crippen molar-refractivity contribution in [2.45, 2.75) is 31.9 Å². The van der Waals surface area contributed by atoms with Crippen molar-refractivity contribution in [2.75, 3.05) is 27.4 Å². The van der Waals surface area contributed by atoms with Crippen LogP contribution in [0.1, 0.15) is 31.4 Å². The fourth-order valence-corrected chi connectivity index (χ4v) is 2.93. The van der Waals surface area contributed by atoms with Gasteiger partial charge in [-0.1, -0.05) is 12.1 Å². The number of rotatable bonds is 7. The summed E-state index contributed by atoms with van der Waals surface area (Å²) in [4.78, 5) is 14.1. The Morgan fingerprint density at radius 2 is 2.00 bits per heavy atom. The van der Waals surface area contributed by atoms with Gasteiger partial charge in [-0.2, -0.15) is 0 Å². The van der Waals surface area contributed by atoms with Crippen LogP contribution >= 0.6 is 0 Å². The smallest absolute Gasteiger partial charge is 0.223 e. The van der Waals surface area contributed by atoms with Gasteiger partial charge in [0.05, 0.1) is 19.3 Å². The Morgan fingerprint density at radius 3 is 2.59 bits per heavy atom. The van der Waals surface area contributed by atoms with E-state index in [4.69, 9.17) is 9.47 Å². The van der Waals surface area contributed by atoms with Crippen molar-refractivity contribution in [3.8, 4) is 5.75 Å². The molecule has 0 aliphatic carbocycles. The summed E-state index contributed by atoms with van der Waals surface area (Å²) in [5.41, 5.74) is 1.07. The number of ether oxygens (including phenoxy) is 2. The Bertz CT molecular complexity index is 488. The number of methoxy groups -OCH3 is 2. The summed E-state index contributed by atoms with van der Waals surface area (Å²) in [6, 6.07) is 7.75. The number of hydrogen-bond donors (Lipinski definition) is 1. The first-order valence-corrected chi connectivity index (χ1v) is 7.67. The van der Waals surface area contributed by atoms with Gasteiger partial charge in [-0.25, -0.2) is 0 Å². The van der Waals surface area contributed by atoms with Crippen molar-refractivity contribution >= 4 is 5.91 Å². The molecular weight excluding hydrogens is 282 g/mol. The summed E-state index contributed by atoms with van der Waals surface area (Å²) in [6.07, 6.45) is 0.488. The highest BCUT2D eigenvalue weighted by Gasteiger charge is 2.36. The third-order valence-corrected chi connectivity index (χ3v) is 4.42. The maximum Gasteiger partial charge on any atom is 0.223 e.